The largest absolute Gasteiger partial charge is 0.249 e. The Morgan fingerprint density at radius 2 is 1.00 bits per heavy atom. The summed E-state index contributed by atoms with van der Waals surface area (Å²) in [4.78, 5) is 1.70. The minimum atomic E-state index is -1.30. The highest BCUT2D eigenvalue weighted by atomic mass is 32.2. The molecule has 32 heavy (non-hydrogen) atoms. The topological polar surface area (TPSA) is 17.1 Å². The van der Waals surface area contributed by atoms with Crippen molar-refractivity contribution in [1.29, 1.82) is 0 Å². The Morgan fingerprint density at radius 3 is 1.69 bits per heavy atom. The molecule has 6 rings (SSSR count). The van der Waals surface area contributed by atoms with Crippen LogP contribution in [0.15, 0.2) is 131 Å². The van der Waals surface area contributed by atoms with Crippen LogP contribution in [0.4, 0.5) is 0 Å². The van der Waals surface area contributed by atoms with E-state index in [-0.39, 0.29) is 0 Å². The van der Waals surface area contributed by atoms with Crippen LogP contribution in [0.5, 0.6) is 0 Å². The first-order valence-corrected chi connectivity index (χ1v) is 11.9. The Labute approximate surface area is 189 Å². The molecular weight excluding hydrogens is 408 g/mol. The molecule has 0 radical (unpaired) electrons. The number of rotatable bonds is 3. The highest BCUT2D eigenvalue weighted by molar-refractivity contribution is 7.85. The van der Waals surface area contributed by atoms with Gasteiger partial charge in [-0.3, -0.25) is 0 Å². The van der Waals surface area contributed by atoms with Gasteiger partial charge < -0.3 is 0 Å². The molecule has 6 aromatic carbocycles. The van der Waals surface area contributed by atoms with E-state index in [9.17, 15) is 4.21 Å². The fourth-order valence-electron chi connectivity index (χ4n) is 4.60. The van der Waals surface area contributed by atoms with Crippen LogP contribution in [-0.2, 0) is 10.8 Å². The zero-order chi connectivity index (χ0) is 21.5. The maximum absolute atomic E-state index is 14.0. The van der Waals surface area contributed by atoms with Crippen LogP contribution in [0.3, 0.4) is 0 Å². The predicted molar refractivity (Wildman–Crippen MR) is 136 cm³/mol. The quantitative estimate of drug-likeness (QED) is 0.261. The molecule has 1 atom stereocenters. The zero-order valence-corrected chi connectivity index (χ0v) is 18.2. The molecule has 152 valence electrons. The van der Waals surface area contributed by atoms with E-state index in [1.54, 1.807) is 0 Å². The molecule has 0 saturated heterocycles. The third kappa shape index (κ3) is 3.04. The molecule has 0 saturated carbocycles. The smallest absolute Gasteiger partial charge is 0.0862 e. The fourth-order valence-corrected chi connectivity index (χ4v) is 5.99. The Hall–Kier alpha value is -3.75. The summed E-state index contributed by atoms with van der Waals surface area (Å²) in [5.74, 6) is 0. The zero-order valence-electron chi connectivity index (χ0n) is 17.4. The van der Waals surface area contributed by atoms with E-state index in [4.69, 9.17) is 0 Å². The van der Waals surface area contributed by atoms with Crippen molar-refractivity contribution in [2.45, 2.75) is 9.79 Å². The van der Waals surface area contributed by atoms with Crippen LogP contribution >= 0.6 is 0 Å². The van der Waals surface area contributed by atoms with Crippen molar-refractivity contribution in [3.63, 3.8) is 0 Å². The number of hydrogen-bond donors (Lipinski definition) is 0. The summed E-state index contributed by atoms with van der Waals surface area (Å²) < 4.78 is 14.0. The molecule has 0 N–H and O–H groups in total. The lowest BCUT2D eigenvalue weighted by molar-refractivity contribution is 0.684. The monoisotopic (exact) mass is 428 g/mol. The first-order chi connectivity index (χ1) is 15.8. The lowest BCUT2D eigenvalue weighted by Crippen LogP contribution is -1.98. The second kappa shape index (κ2) is 7.74. The highest BCUT2D eigenvalue weighted by Gasteiger charge is 2.20. The van der Waals surface area contributed by atoms with Gasteiger partial charge in [0, 0.05) is 10.3 Å². The van der Waals surface area contributed by atoms with Crippen LogP contribution in [0.25, 0.3) is 43.4 Å². The second-order valence-electron chi connectivity index (χ2n) is 7.94. The van der Waals surface area contributed by atoms with Crippen LogP contribution in [0, 0.1) is 0 Å². The van der Waals surface area contributed by atoms with Crippen LogP contribution in [-0.4, -0.2) is 4.21 Å². The lowest BCUT2D eigenvalue weighted by atomic mass is 9.90. The summed E-state index contributed by atoms with van der Waals surface area (Å²) >= 11 is 0. The van der Waals surface area contributed by atoms with Gasteiger partial charge in [-0.2, -0.15) is 0 Å². The van der Waals surface area contributed by atoms with Gasteiger partial charge in [0.15, 0.2) is 0 Å². The molecule has 1 nitrogen and oxygen atoms in total. The van der Waals surface area contributed by atoms with Crippen molar-refractivity contribution >= 4 is 43.1 Å². The maximum atomic E-state index is 14.0. The molecule has 0 spiro atoms. The van der Waals surface area contributed by atoms with E-state index in [0.717, 1.165) is 36.7 Å². The van der Waals surface area contributed by atoms with Gasteiger partial charge in [0.25, 0.3) is 0 Å². The maximum Gasteiger partial charge on any atom is 0.0862 e. The molecule has 0 aromatic heterocycles. The van der Waals surface area contributed by atoms with Gasteiger partial charge in [-0.15, -0.1) is 0 Å². The summed E-state index contributed by atoms with van der Waals surface area (Å²) in [6, 6.07) is 41.5. The van der Waals surface area contributed by atoms with Crippen LogP contribution in [0.2, 0.25) is 0 Å². The minimum absolute atomic E-state index is 0.819. The van der Waals surface area contributed by atoms with E-state index in [1.165, 1.54) is 16.5 Å². The molecule has 0 fully saturated rings. The van der Waals surface area contributed by atoms with Crippen molar-refractivity contribution in [3.8, 4) is 11.1 Å². The molecule has 0 aliphatic heterocycles. The van der Waals surface area contributed by atoms with Crippen molar-refractivity contribution in [1.82, 2.24) is 0 Å². The Morgan fingerprint density at radius 1 is 0.469 bits per heavy atom. The van der Waals surface area contributed by atoms with Gasteiger partial charge in [0.05, 0.1) is 15.7 Å². The minimum Gasteiger partial charge on any atom is -0.249 e. The average Bonchev–Trinajstić information content (AvgIpc) is 2.86. The Balaban J connectivity index is 1.83. The third-order valence-corrected chi connectivity index (χ3v) is 7.56. The number of fused-ring (bicyclic) bond motifs is 3. The predicted octanol–water partition coefficient (Wildman–Crippen LogP) is 7.98. The van der Waals surface area contributed by atoms with Crippen molar-refractivity contribution < 1.29 is 4.21 Å². The van der Waals surface area contributed by atoms with E-state index < -0.39 is 10.8 Å². The molecular formula is C30H20OS. The lowest BCUT2D eigenvalue weighted by Gasteiger charge is -2.18. The fraction of sp³-hybridized carbons (Fsp3) is 0. The highest BCUT2D eigenvalue weighted by Crippen LogP contribution is 2.43. The van der Waals surface area contributed by atoms with Gasteiger partial charge in [-0.05, 0) is 62.3 Å². The Bertz CT molecular complexity index is 1620. The molecule has 0 bridgehead atoms. The first kappa shape index (κ1) is 19.0. The van der Waals surface area contributed by atoms with Gasteiger partial charge in [0.1, 0.15) is 0 Å². The Kier molecular flexibility index (Phi) is 4.59. The first-order valence-electron chi connectivity index (χ1n) is 10.7. The summed E-state index contributed by atoms with van der Waals surface area (Å²) in [5, 5.41) is 6.68. The summed E-state index contributed by atoms with van der Waals surface area (Å²) in [6.07, 6.45) is 0. The number of hydrogen-bond acceptors (Lipinski definition) is 1. The van der Waals surface area contributed by atoms with E-state index in [1.807, 2.05) is 42.5 Å². The molecule has 0 aliphatic carbocycles. The molecule has 0 aliphatic rings. The average molecular weight is 429 g/mol. The van der Waals surface area contributed by atoms with Gasteiger partial charge in [0.2, 0.25) is 0 Å². The van der Waals surface area contributed by atoms with E-state index in [2.05, 4.69) is 78.9 Å². The van der Waals surface area contributed by atoms with Crippen molar-refractivity contribution in [2.24, 2.45) is 0 Å². The van der Waals surface area contributed by atoms with Crippen LogP contribution in [0.1, 0.15) is 0 Å². The van der Waals surface area contributed by atoms with Gasteiger partial charge in [-0.1, -0.05) is 97.1 Å². The molecule has 2 heteroatoms. The molecule has 0 heterocycles. The normalized spacial score (nSPS) is 12.4. The SMILES string of the molecule is O=[S@](c1ccccc1)c1c2ccccc2c(-c2ccccc2)c2cc3ccccc3cc12. The summed E-state index contributed by atoms with van der Waals surface area (Å²) in [6.45, 7) is 0. The van der Waals surface area contributed by atoms with E-state index >= 15 is 0 Å². The van der Waals surface area contributed by atoms with Gasteiger partial charge >= 0.3 is 0 Å². The molecule has 0 amide bonds. The summed E-state index contributed by atoms with van der Waals surface area (Å²) in [5.41, 5.74) is 2.36. The van der Waals surface area contributed by atoms with E-state index in [0.29, 0.717) is 0 Å². The third-order valence-electron chi connectivity index (χ3n) is 6.05. The second-order valence-corrected chi connectivity index (χ2v) is 9.36. The van der Waals surface area contributed by atoms with Crippen molar-refractivity contribution in [2.75, 3.05) is 0 Å². The molecule has 6 aromatic rings. The summed E-state index contributed by atoms with van der Waals surface area (Å²) in [7, 11) is -1.30. The van der Waals surface area contributed by atoms with Crippen molar-refractivity contribution in [3.05, 3.63) is 121 Å². The van der Waals surface area contributed by atoms with Crippen LogP contribution < -0.4 is 0 Å². The number of benzene rings is 6. The molecule has 0 unspecified atom stereocenters. The standard InChI is InChI=1S/C30H20OS/c31-32(24-15-5-2-6-16-24)30-26-18-10-9-17-25(26)29(21-11-3-1-4-12-21)27-19-22-13-7-8-14-23(22)20-28(27)30/h1-20H/t32-/m1/s1. The van der Waals surface area contributed by atoms with Gasteiger partial charge in [-0.25, -0.2) is 4.21 Å².